The van der Waals surface area contributed by atoms with Gasteiger partial charge in [0.1, 0.15) is 23.3 Å². The van der Waals surface area contributed by atoms with Crippen molar-refractivity contribution in [1.29, 1.82) is 0 Å². The summed E-state index contributed by atoms with van der Waals surface area (Å²) in [6.45, 7) is 3.08. The molecule has 1 saturated heterocycles. The minimum atomic E-state index is -0.384. The number of carbonyl (C=O) groups is 1. The number of anilines is 1. The summed E-state index contributed by atoms with van der Waals surface area (Å²) in [6.07, 6.45) is 5.75. The third-order valence-corrected chi connectivity index (χ3v) is 3.42. The molecule has 2 aromatic rings. The van der Waals surface area contributed by atoms with Gasteiger partial charge < -0.3 is 15.4 Å². The van der Waals surface area contributed by atoms with Crippen LogP contribution < -0.4 is 5.73 Å². The molecule has 1 amide bonds. The van der Waals surface area contributed by atoms with E-state index in [9.17, 15) is 4.79 Å². The molecule has 2 N–H and O–H groups in total. The standard InChI is InChI=1S/C14H16N6O2/c1-9-6-19-10(7-18-9)14(21)20-4-5-22-11(8-20)12-13(15)17-3-2-16-12/h2-3,6-7,11H,4-5,8H2,1H3,(H2,15,17)/t11-/m0/s1. The number of rotatable bonds is 2. The topological polar surface area (TPSA) is 107 Å². The average Bonchev–Trinajstić information content (AvgIpc) is 2.55. The van der Waals surface area contributed by atoms with Crippen LogP contribution in [0.25, 0.3) is 0 Å². The zero-order valence-electron chi connectivity index (χ0n) is 12.1. The number of nitrogens with zero attached hydrogens (tertiary/aromatic N) is 5. The number of carbonyl (C=O) groups excluding carboxylic acids is 1. The molecular formula is C14H16N6O2. The summed E-state index contributed by atoms with van der Waals surface area (Å²) in [5, 5.41) is 0. The first-order valence-corrected chi connectivity index (χ1v) is 6.91. The number of hydrogen-bond acceptors (Lipinski definition) is 7. The van der Waals surface area contributed by atoms with Crippen LogP contribution in [0, 0.1) is 6.92 Å². The average molecular weight is 300 g/mol. The fraction of sp³-hybridized carbons (Fsp3) is 0.357. The van der Waals surface area contributed by atoms with Gasteiger partial charge in [-0.25, -0.2) is 9.97 Å². The number of nitrogen functional groups attached to an aromatic ring is 1. The van der Waals surface area contributed by atoms with E-state index in [-0.39, 0.29) is 12.0 Å². The normalized spacial score (nSPS) is 18.2. The highest BCUT2D eigenvalue weighted by Crippen LogP contribution is 2.24. The molecule has 0 saturated carbocycles. The Labute approximate surface area is 127 Å². The quantitative estimate of drug-likeness (QED) is 0.853. The third kappa shape index (κ3) is 2.86. The van der Waals surface area contributed by atoms with Crippen LogP contribution >= 0.6 is 0 Å². The van der Waals surface area contributed by atoms with Crippen molar-refractivity contribution in [3.63, 3.8) is 0 Å². The molecule has 2 aromatic heterocycles. The van der Waals surface area contributed by atoms with E-state index in [1.807, 2.05) is 6.92 Å². The highest BCUT2D eigenvalue weighted by Gasteiger charge is 2.29. The van der Waals surface area contributed by atoms with E-state index in [1.54, 1.807) is 17.3 Å². The summed E-state index contributed by atoms with van der Waals surface area (Å²) in [6, 6.07) is 0. The van der Waals surface area contributed by atoms with Gasteiger partial charge in [0.2, 0.25) is 0 Å². The third-order valence-electron chi connectivity index (χ3n) is 3.42. The van der Waals surface area contributed by atoms with Gasteiger partial charge in [0, 0.05) is 25.1 Å². The number of aryl methyl sites for hydroxylation is 1. The number of amides is 1. The molecule has 0 radical (unpaired) electrons. The lowest BCUT2D eigenvalue weighted by atomic mass is 10.2. The van der Waals surface area contributed by atoms with Crippen molar-refractivity contribution in [2.75, 3.05) is 25.4 Å². The monoisotopic (exact) mass is 300 g/mol. The molecule has 114 valence electrons. The van der Waals surface area contributed by atoms with Gasteiger partial charge in [0.05, 0.1) is 25.0 Å². The summed E-state index contributed by atoms with van der Waals surface area (Å²) in [7, 11) is 0. The molecule has 0 unspecified atom stereocenters. The first kappa shape index (κ1) is 14.3. The molecule has 0 spiro atoms. The second-order valence-electron chi connectivity index (χ2n) is 4.98. The molecular weight excluding hydrogens is 284 g/mol. The zero-order chi connectivity index (χ0) is 15.5. The van der Waals surface area contributed by atoms with E-state index in [4.69, 9.17) is 10.5 Å². The van der Waals surface area contributed by atoms with Crippen LogP contribution in [0.4, 0.5) is 5.82 Å². The number of ether oxygens (including phenoxy) is 1. The van der Waals surface area contributed by atoms with E-state index >= 15 is 0 Å². The zero-order valence-corrected chi connectivity index (χ0v) is 12.1. The molecule has 8 nitrogen and oxygen atoms in total. The highest BCUT2D eigenvalue weighted by molar-refractivity contribution is 5.92. The molecule has 0 bridgehead atoms. The Morgan fingerprint density at radius 1 is 1.27 bits per heavy atom. The summed E-state index contributed by atoms with van der Waals surface area (Å²) >= 11 is 0. The molecule has 1 aliphatic rings. The van der Waals surface area contributed by atoms with Crippen molar-refractivity contribution >= 4 is 11.7 Å². The maximum Gasteiger partial charge on any atom is 0.274 e. The Kier molecular flexibility index (Phi) is 3.92. The lowest BCUT2D eigenvalue weighted by molar-refractivity contribution is -0.0247. The number of morpholine rings is 1. The molecule has 1 fully saturated rings. The smallest absolute Gasteiger partial charge is 0.274 e. The Morgan fingerprint density at radius 3 is 2.82 bits per heavy atom. The fourth-order valence-corrected chi connectivity index (χ4v) is 2.27. The minimum Gasteiger partial charge on any atom is -0.382 e. The maximum atomic E-state index is 12.5. The largest absolute Gasteiger partial charge is 0.382 e. The Morgan fingerprint density at radius 2 is 2.09 bits per heavy atom. The van der Waals surface area contributed by atoms with Gasteiger partial charge in [-0.05, 0) is 6.92 Å². The predicted octanol–water partition coefficient (Wildman–Crippen LogP) is 0.371. The first-order chi connectivity index (χ1) is 10.6. The predicted molar refractivity (Wildman–Crippen MR) is 77.8 cm³/mol. The van der Waals surface area contributed by atoms with Crippen LogP contribution in [0.1, 0.15) is 28.0 Å². The van der Waals surface area contributed by atoms with E-state index in [1.165, 1.54) is 12.4 Å². The maximum absolute atomic E-state index is 12.5. The van der Waals surface area contributed by atoms with Gasteiger partial charge in [-0.15, -0.1) is 0 Å². The van der Waals surface area contributed by atoms with E-state index in [2.05, 4.69) is 19.9 Å². The van der Waals surface area contributed by atoms with Crippen LogP contribution in [0.15, 0.2) is 24.8 Å². The van der Waals surface area contributed by atoms with E-state index in [0.717, 1.165) is 5.69 Å². The first-order valence-electron chi connectivity index (χ1n) is 6.91. The van der Waals surface area contributed by atoms with Crippen LogP contribution in [-0.2, 0) is 4.74 Å². The van der Waals surface area contributed by atoms with Gasteiger partial charge in [-0.1, -0.05) is 0 Å². The lowest BCUT2D eigenvalue weighted by Gasteiger charge is -2.32. The summed E-state index contributed by atoms with van der Waals surface area (Å²) in [5.74, 6) is 0.139. The Balaban J connectivity index is 1.77. The molecule has 1 atom stereocenters. The van der Waals surface area contributed by atoms with Gasteiger partial charge in [0.15, 0.2) is 0 Å². The minimum absolute atomic E-state index is 0.178. The van der Waals surface area contributed by atoms with Gasteiger partial charge in [-0.2, -0.15) is 0 Å². The Hall–Kier alpha value is -2.61. The van der Waals surface area contributed by atoms with E-state index in [0.29, 0.717) is 36.9 Å². The van der Waals surface area contributed by atoms with Crippen molar-refractivity contribution < 1.29 is 9.53 Å². The molecule has 1 aliphatic heterocycles. The van der Waals surface area contributed by atoms with Crippen LogP contribution in [0.3, 0.4) is 0 Å². The van der Waals surface area contributed by atoms with E-state index < -0.39 is 0 Å². The molecule has 3 rings (SSSR count). The van der Waals surface area contributed by atoms with Gasteiger partial charge in [-0.3, -0.25) is 14.8 Å². The summed E-state index contributed by atoms with van der Waals surface area (Å²) in [4.78, 5) is 30.6. The number of hydrogen-bond donors (Lipinski definition) is 1. The SMILES string of the molecule is Cc1cnc(C(=O)N2CCO[C@H](c3nccnc3N)C2)cn1. The molecule has 8 heteroatoms. The van der Waals surface area contributed by atoms with Crippen LogP contribution in [0.2, 0.25) is 0 Å². The molecule has 0 aliphatic carbocycles. The van der Waals surface area contributed by atoms with Crippen LogP contribution in [-0.4, -0.2) is 50.4 Å². The second-order valence-corrected chi connectivity index (χ2v) is 4.98. The second kappa shape index (κ2) is 6.02. The number of aromatic nitrogens is 4. The fourth-order valence-electron chi connectivity index (χ4n) is 2.27. The van der Waals surface area contributed by atoms with Gasteiger partial charge >= 0.3 is 0 Å². The summed E-state index contributed by atoms with van der Waals surface area (Å²) < 4.78 is 5.67. The highest BCUT2D eigenvalue weighted by atomic mass is 16.5. The van der Waals surface area contributed by atoms with Crippen molar-refractivity contribution in [3.8, 4) is 0 Å². The van der Waals surface area contributed by atoms with Gasteiger partial charge in [0.25, 0.3) is 5.91 Å². The molecule has 22 heavy (non-hydrogen) atoms. The Bertz CT molecular complexity index is 675. The number of nitrogens with two attached hydrogens (primary N) is 1. The van der Waals surface area contributed by atoms with Crippen molar-refractivity contribution in [3.05, 3.63) is 41.9 Å². The summed E-state index contributed by atoms with van der Waals surface area (Å²) in [5.41, 5.74) is 7.46. The van der Waals surface area contributed by atoms with Crippen molar-refractivity contribution in [2.24, 2.45) is 0 Å². The van der Waals surface area contributed by atoms with Crippen LogP contribution in [0.5, 0.6) is 0 Å². The van der Waals surface area contributed by atoms with Crippen molar-refractivity contribution in [1.82, 2.24) is 24.8 Å². The lowest BCUT2D eigenvalue weighted by Crippen LogP contribution is -2.43. The van der Waals surface area contributed by atoms with Crippen molar-refractivity contribution in [2.45, 2.75) is 13.0 Å². The molecule has 3 heterocycles. The molecule has 0 aromatic carbocycles.